The summed E-state index contributed by atoms with van der Waals surface area (Å²) in [6.45, 7) is 1.92. The third-order valence-corrected chi connectivity index (χ3v) is 5.44. The van der Waals surface area contributed by atoms with Crippen LogP contribution in [0.3, 0.4) is 0 Å². The quantitative estimate of drug-likeness (QED) is 0.314. The number of phenolic OH excluding ortho intramolecular Hbond substituents is 1. The fourth-order valence-electron chi connectivity index (χ4n) is 3.84. The minimum Gasteiger partial charge on any atom is -0.505 e. The van der Waals surface area contributed by atoms with Crippen LogP contribution in [0.25, 0.3) is 10.9 Å². The zero-order valence-corrected chi connectivity index (χ0v) is 18.1. The Bertz CT molecular complexity index is 1390. The Balaban J connectivity index is 1.59. The molecule has 0 radical (unpaired) electrons. The lowest BCUT2D eigenvalue weighted by Gasteiger charge is -2.22. The molecule has 2 aromatic heterocycles. The molecule has 0 amide bonds. The number of nitrogens with zero attached hydrogens (tertiary/aromatic N) is 2. The Labute approximate surface area is 192 Å². The van der Waals surface area contributed by atoms with Gasteiger partial charge in [0.05, 0.1) is 6.04 Å². The maximum atomic E-state index is 11.2. The number of hydrogen-bond donors (Lipinski definition) is 2. The van der Waals surface area contributed by atoms with Gasteiger partial charge < -0.3 is 15.2 Å². The van der Waals surface area contributed by atoms with E-state index in [0.29, 0.717) is 22.6 Å². The van der Waals surface area contributed by atoms with E-state index in [-0.39, 0.29) is 11.8 Å². The van der Waals surface area contributed by atoms with Gasteiger partial charge in [0, 0.05) is 22.8 Å². The predicted molar refractivity (Wildman–Crippen MR) is 131 cm³/mol. The van der Waals surface area contributed by atoms with Crippen LogP contribution in [-0.4, -0.2) is 15.1 Å². The molecule has 5 heteroatoms. The Hall–Kier alpha value is -4.38. The largest absolute Gasteiger partial charge is 0.505 e. The van der Waals surface area contributed by atoms with Crippen LogP contribution in [0.1, 0.15) is 22.9 Å². The minimum atomic E-state index is -0.370. The van der Waals surface area contributed by atoms with E-state index in [0.717, 1.165) is 22.4 Å². The third-order valence-electron chi connectivity index (χ3n) is 5.44. The van der Waals surface area contributed by atoms with E-state index in [2.05, 4.69) is 15.3 Å². The van der Waals surface area contributed by atoms with Crippen molar-refractivity contribution in [1.82, 2.24) is 9.97 Å². The van der Waals surface area contributed by atoms with E-state index < -0.39 is 0 Å². The van der Waals surface area contributed by atoms with Crippen molar-refractivity contribution in [2.24, 2.45) is 0 Å². The molecule has 0 aliphatic heterocycles. The van der Waals surface area contributed by atoms with Crippen molar-refractivity contribution < 1.29 is 9.84 Å². The van der Waals surface area contributed by atoms with Gasteiger partial charge >= 0.3 is 0 Å². The van der Waals surface area contributed by atoms with Gasteiger partial charge in [-0.2, -0.15) is 0 Å². The lowest BCUT2D eigenvalue weighted by atomic mass is 9.96. The first-order valence-electron chi connectivity index (χ1n) is 10.8. The number of nitrogens with one attached hydrogen (secondary N) is 1. The Morgan fingerprint density at radius 2 is 1.61 bits per heavy atom. The highest BCUT2D eigenvalue weighted by atomic mass is 16.5. The van der Waals surface area contributed by atoms with Crippen molar-refractivity contribution in [3.8, 4) is 17.2 Å². The summed E-state index contributed by atoms with van der Waals surface area (Å²) in [5.74, 6) is 2.32. The first kappa shape index (κ1) is 20.5. The van der Waals surface area contributed by atoms with Gasteiger partial charge in [-0.1, -0.05) is 54.6 Å². The fourth-order valence-corrected chi connectivity index (χ4v) is 3.84. The number of benzene rings is 3. The van der Waals surface area contributed by atoms with E-state index in [1.807, 2.05) is 104 Å². The standard InChI is InChI=1S/C28H23N3O2/c1-19-13-14-20-15-16-24(28(32)27(20)30-19)26(31-25-12-5-6-17-29-25)21-8-7-11-23(18-21)33-22-9-3-2-4-10-22/h2-18,26,32H,1H3,(H,29,31)/t26-/m0/s1. The lowest BCUT2D eigenvalue weighted by Crippen LogP contribution is -2.14. The highest BCUT2D eigenvalue weighted by Crippen LogP contribution is 2.37. The van der Waals surface area contributed by atoms with Crippen LogP contribution in [-0.2, 0) is 0 Å². The normalized spacial score (nSPS) is 11.8. The highest BCUT2D eigenvalue weighted by molar-refractivity contribution is 5.86. The molecule has 162 valence electrons. The van der Waals surface area contributed by atoms with Crippen molar-refractivity contribution in [3.05, 3.63) is 120 Å². The molecule has 2 heterocycles. The van der Waals surface area contributed by atoms with E-state index in [4.69, 9.17) is 4.74 Å². The van der Waals surface area contributed by atoms with Gasteiger partial charge in [-0.3, -0.25) is 0 Å². The number of ether oxygens (including phenoxy) is 1. The molecule has 0 saturated carbocycles. The molecule has 2 N–H and O–H groups in total. The number of phenols is 1. The molecule has 3 aromatic carbocycles. The van der Waals surface area contributed by atoms with Gasteiger partial charge in [-0.25, -0.2) is 9.97 Å². The molecule has 1 atom stereocenters. The molecular formula is C28H23N3O2. The summed E-state index contributed by atoms with van der Waals surface area (Å²) in [4.78, 5) is 9.00. The van der Waals surface area contributed by atoms with Crippen LogP contribution in [0.5, 0.6) is 17.2 Å². The zero-order chi connectivity index (χ0) is 22.6. The average molecular weight is 434 g/mol. The van der Waals surface area contributed by atoms with Crippen LogP contribution >= 0.6 is 0 Å². The Morgan fingerprint density at radius 3 is 2.42 bits per heavy atom. The van der Waals surface area contributed by atoms with Crippen molar-refractivity contribution in [2.45, 2.75) is 13.0 Å². The number of aryl methyl sites for hydroxylation is 1. The Morgan fingerprint density at radius 1 is 0.818 bits per heavy atom. The van der Waals surface area contributed by atoms with Crippen molar-refractivity contribution in [3.63, 3.8) is 0 Å². The van der Waals surface area contributed by atoms with Crippen LogP contribution in [0.2, 0.25) is 0 Å². The van der Waals surface area contributed by atoms with Gasteiger partial charge in [0.25, 0.3) is 0 Å². The fraction of sp³-hybridized carbons (Fsp3) is 0.0714. The molecule has 0 aliphatic carbocycles. The maximum Gasteiger partial charge on any atom is 0.147 e. The van der Waals surface area contributed by atoms with Crippen LogP contribution in [0, 0.1) is 6.92 Å². The van der Waals surface area contributed by atoms with Gasteiger partial charge in [0.15, 0.2) is 0 Å². The predicted octanol–water partition coefficient (Wildman–Crippen LogP) is 6.64. The molecule has 5 nitrogen and oxygen atoms in total. The van der Waals surface area contributed by atoms with E-state index >= 15 is 0 Å². The SMILES string of the molecule is Cc1ccc2ccc([C@@H](Nc3ccccn3)c3cccc(Oc4ccccc4)c3)c(O)c2n1. The number of rotatable bonds is 6. The minimum absolute atomic E-state index is 0.152. The summed E-state index contributed by atoms with van der Waals surface area (Å²) < 4.78 is 6.05. The summed E-state index contributed by atoms with van der Waals surface area (Å²) in [5.41, 5.74) is 3.07. The Kier molecular flexibility index (Phi) is 5.60. The molecule has 33 heavy (non-hydrogen) atoms. The number of para-hydroxylation sites is 1. The smallest absolute Gasteiger partial charge is 0.147 e. The van der Waals surface area contributed by atoms with Crippen molar-refractivity contribution >= 4 is 16.7 Å². The summed E-state index contributed by atoms with van der Waals surface area (Å²) in [7, 11) is 0. The molecule has 0 fully saturated rings. The average Bonchev–Trinajstić information content (AvgIpc) is 2.85. The summed E-state index contributed by atoms with van der Waals surface area (Å²) in [6.07, 6.45) is 1.74. The lowest BCUT2D eigenvalue weighted by molar-refractivity contribution is 0.470. The van der Waals surface area contributed by atoms with Gasteiger partial charge in [0.2, 0.25) is 0 Å². The van der Waals surface area contributed by atoms with Crippen LogP contribution in [0.4, 0.5) is 5.82 Å². The topological polar surface area (TPSA) is 67.3 Å². The second-order valence-electron chi connectivity index (χ2n) is 7.81. The summed E-state index contributed by atoms with van der Waals surface area (Å²) in [6, 6.07) is 30.6. The van der Waals surface area contributed by atoms with Gasteiger partial charge in [-0.05, 0) is 55.0 Å². The first-order chi connectivity index (χ1) is 16.2. The third kappa shape index (κ3) is 4.48. The first-order valence-corrected chi connectivity index (χ1v) is 10.8. The number of pyridine rings is 2. The molecular weight excluding hydrogens is 410 g/mol. The van der Waals surface area contributed by atoms with Crippen LogP contribution < -0.4 is 10.1 Å². The van der Waals surface area contributed by atoms with Gasteiger partial charge in [-0.15, -0.1) is 0 Å². The molecule has 0 unspecified atom stereocenters. The number of anilines is 1. The van der Waals surface area contributed by atoms with Crippen molar-refractivity contribution in [1.29, 1.82) is 0 Å². The molecule has 0 bridgehead atoms. The highest BCUT2D eigenvalue weighted by Gasteiger charge is 2.21. The molecule has 0 saturated heterocycles. The number of aromatic hydroxyl groups is 1. The molecule has 5 rings (SSSR count). The van der Waals surface area contributed by atoms with E-state index in [1.54, 1.807) is 6.20 Å². The summed E-state index contributed by atoms with van der Waals surface area (Å²) in [5, 5.41) is 15.6. The second kappa shape index (κ2) is 9.01. The number of fused-ring (bicyclic) bond motifs is 1. The van der Waals surface area contributed by atoms with Crippen molar-refractivity contribution in [2.75, 3.05) is 5.32 Å². The number of aromatic nitrogens is 2. The molecule has 5 aromatic rings. The van der Waals surface area contributed by atoms with Crippen LogP contribution in [0.15, 0.2) is 103 Å². The monoisotopic (exact) mass is 433 g/mol. The second-order valence-corrected chi connectivity index (χ2v) is 7.81. The van der Waals surface area contributed by atoms with Gasteiger partial charge in [0.1, 0.15) is 28.6 Å². The maximum absolute atomic E-state index is 11.2. The van der Waals surface area contributed by atoms with E-state index in [1.165, 1.54) is 0 Å². The summed E-state index contributed by atoms with van der Waals surface area (Å²) >= 11 is 0. The zero-order valence-electron chi connectivity index (χ0n) is 18.1. The molecule has 0 spiro atoms. The molecule has 0 aliphatic rings. The van der Waals surface area contributed by atoms with E-state index in [9.17, 15) is 5.11 Å². The number of hydrogen-bond acceptors (Lipinski definition) is 5.